The van der Waals surface area contributed by atoms with Gasteiger partial charge in [0, 0.05) is 24.3 Å². The summed E-state index contributed by atoms with van der Waals surface area (Å²) in [6.45, 7) is 11.0. The van der Waals surface area contributed by atoms with Gasteiger partial charge in [-0.1, -0.05) is 36.6 Å². The lowest BCUT2D eigenvalue weighted by atomic mass is 9.82. The van der Waals surface area contributed by atoms with Crippen LogP contribution in [-0.2, 0) is 38.2 Å². The van der Waals surface area contributed by atoms with Crippen LogP contribution in [0, 0.1) is 23.7 Å². The topological polar surface area (TPSA) is 205 Å². The molecule has 424 valence electrons. The minimum absolute atomic E-state index is 0.228. The molecular weight excluding hydrogens is 1040 g/mol. The van der Waals surface area contributed by atoms with Crippen LogP contribution in [0.4, 0.5) is 5.13 Å². The van der Waals surface area contributed by atoms with E-state index in [1.807, 2.05) is 31.2 Å². The molecule has 0 amide bonds. The average Bonchev–Trinajstić information content (AvgIpc) is 3.95. The van der Waals surface area contributed by atoms with E-state index in [2.05, 4.69) is 13.2 Å². The van der Waals surface area contributed by atoms with E-state index in [4.69, 9.17) is 48.0 Å². The Morgan fingerprint density at radius 3 is 1.40 bits per heavy atom. The van der Waals surface area contributed by atoms with Crippen molar-refractivity contribution in [3.63, 3.8) is 0 Å². The number of fused-ring (bicyclic) bond motifs is 1. The van der Waals surface area contributed by atoms with Crippen LogP contribution in [0.15, 0.2) is 121 Å². The standard InChI is InChI=1S/C62H71N3O14S/c1-4-56(66)74-39-15-9-7-13-37-72-48-27-31-50(32-28-48)76-58(68)43-19-21-45(22-20-43)60(70)78-52-35-36-54(47(41-52)42-63-65(6-3)62-64-53-17-11-12-18-55(53)80-62)79-61(71)46-25-23-44(24-26-46)59(69)77-51-33-29-49(30-34-51)73-38-14-8-10-16-40-75-57(67)5-2/h4-5,11-12,17-18,27-36,41-46H,1-2,6-10,13-16,19-26,37-40H2,3H3/b63-42+/t43-,44-,45-,46-. The van der Waals surface area contributed by atoms with E-state index in [9.17, 15) is 28.8 Å². The van der Waals surface area contributed by atoms with E-state index in [1.165, 1.54) is 11.3 Å². The summed E-state index contributed by atoms with van der Waals surface area (Å²) in [5.41, 5.74) is 1.25. The van der Waals surface area contributed by atoms with Crippen LogP contribution < -0.4 is 33.4 Å². The Labute approximate surface area is 471 Å². The number of hydrogen-bond acceptors (Lipinski definition) is 18. The van der Waals surface area contributed by atoms with Crippen LogP contribution in [0.25, 0.3) is 10.2 Å². The van der Waals surface area contributed by atoms with Gasteiger partial charge in [-0.15, -0.1) is 0 Å². The van der Waals surface area contributed by atoms with Crippen LogP contribution in [0.1, 0.15) is 115 Å². The van der Waals surface area contributed by atoms with Crippen LogP contribution in [0.5, 0.6) is 34.5 Å². The number of esters is 6. The van der Waals surface area contributed by atoms with E-state index in [-0.39, 0.29) is 35.3 Å². The maximum atomic E-state index is 13.8. The molecule has 0 radical (unpaired) electrons. The van der Waals surface area contributed by atoms with Gasteiger partial charge in [0.05, 0.1) is 66.5 Å². The number of aromatic nitrogens is 1. The first-order valence-corrected chi connectivity index (χ1v) is 28.5. The summed E-state index contributed by atoms with van der Waals surface area (Å²) in [7, 11) is 0. The van der Waals surface area contributed by atoms with Crippen molar-refractivity contribution in [1.82, 2.24) is 4.98 Å². The molecule has 0 atom stereocenters. The van der Waals surface area contributed by atoms with Crippen LogP contribution in [0.3, 0.4) is 0 Å². The van der Waals surface area contributed by atoms with Crippen LogP contribution in [0.2, 0.25) is 0 Å². The predicted octanol–water partition coefficient (Wildman–Crippen LogP) is 12.1. The maximum Gasteiger partial charge on any atom is 0.330 e. The zero-order valence-corrected chi connectivity index (χ0v) is 46.2. The lowest BCUT2D eigenvalue weighted by molar-refractivity contribution is -0.145. The monoisotopic (exact) mass is 1110 g/mol. The third-order valence-corrected chi connectivity index (χ3v) is 14.9. The van der Waals surface area contributed by atoms with Gasteiger partial charge in [0.1, 0.15) is 34.5 Å². The third-order valence-electron chi connectivity index (χ3n) is 13.9. The van der Waals surface area contributed by atoms with Crippen molar-refractivity contribution in [2.45, 2.75) is 110 Å². The maximum absolute atomic E-state index is 13.8. The number of unbranched alkanes of at least 4 members (excludes halogenated alkanes) is 6. The summed E-state index contributed by atoms with van der Waals surface area (Å²) < 4.78 is 46.1. The van der Waals surface area contributed by atoms with Crippen LogP contribution in [-0.4, -0.2) is 80.0 Å². The number of rotatable bonds is 30. The summed E-state index contributed by atoms with van der Waals surface area (Å²) in [4.78, 5) is 80.9. The number of thiazole rings is 1. The molecule has 0 aliphatic heterocycles. The molecule has 2 fully saturated rings. The largest absolute Gasteiger partial charge is 0.494 e. The van der Waals surface area contributed by atoms with Crippen molar-refractivity contribution in [1.29, 1.82) is 0 Å². The fraction of sp³-hybridized carbons (Fsp3) is 0.419. The molecule has 5 aromatic rings. The van der Waals surface area contributed by atoms with Gasteiger partial charge in [-0.05, 0) is 189 Å². The van der Waals surface area contributed by atoms with Crippen molar-refractivity contribution in [3.8, 4) is 34.5 Å². The van der Waals surface area contributed by atoms with Crippen molar-refractivity contribution in [2.24, 2.45) is 28.8 Å². The molecule has 0 saturated heterocycles. The van der Waals surface area contributed by atoms with Crippen LogP contribution >= 0.6 is 11.3 Å². The first-order chi connectivity index (χ1) is 39.0. The number of hydrogen-bond donors (Lipinski definition) is 0. The number of benzene rings is 4. The van der Waals surface area contributed by atoms with Gasteiger partial charge >= 0.3 is 35.8 Å². The molecule has 0 unspecified atom stereocenters. The fourth-order valence-electron chi connectivity index (χ4n) is 9.24. The molecule has 4 aromatic carbocycles. The minimum Gasteiger partial charge on any atom is -0.494 e. The molecule has 1 aromatic heterocycles. The van der Waals surface area contributed by atoms with Gasteiger partial charge in [-0.3, -0.25) is 19.2 Å². The van der Waals surface area contributed by atoms with E-state index < -0.39 is 35.7 Å². The first kappa shape index (κ1) is 59.8. The highest BCUT2D eigenvalue weighted by Crippen LogP contribution is 2.36. The molecule has 18 heteroatoms. The summed E-state index contributed by atoms with van der Waals surface area (Å²) in [6, 6.07) is 26.4. The van der Waals surface area contributed by atoms with Gasteiger partial charge in [0.15, 0.2) is 0 Å². The highest BCUT2D eigenvalue weighted by molar-refractivity contribution is 7.22. The third kappa shape index (κ3) is 18.9. The molecule has 0 N–H and O–H groups in total. The van der Waals surface area contributed by atoms with Crippen molar-refractivity contribution in [3.05, 3.63) is 122 Å². The summed E-state index contributed by atoms with van der Waals surface area (Å²) in [6.07, 6.45) is 14.4. The lowest BCUT2D eigenvalue weighted by Crippen LogP contribution is -2.30. The van der Waals surface area contributed by atoms with Gasteiger partial charge < -0.3 is 37.9 Å². The zero-order valence-electron chi connectivity index (χ0n) is 45.4. The number of carbonyl (C=O) groups is 6. The first-order valence-electron chi connectivity index (χ1n) is 27.7. The Balaban J connectivity index is 0.877. The van der Waals surface area contributed by atoms with E-state index in [0.717, 1.165) is 73.7 Å². The van der Waals surface area contributed by atoms with E-state index in [1.54, 1.807) is 78.0 Å². The van der Waals surface area contributed by atoms with E-state index >= 15 is 0 Å². The van der Waals surface area contributed by atoms with Crippen molar-refractivity contribution < 1.29 is 66.7 Å². The molecule has 2 aliphatic carbocycles. The highest BCUT2D eigenvalue weighted by atomic mass is 32.1. The number of nitrogens with zero attached hydrogens (tertiary/aromatic N) is 3. The SMILES string of the molecule is C=CC(=O)OCCCCCCOc1ccc(OC(=O)[C@H]2CC[C@H](C(=O)Oc3ccc(OC(=O)[C@H]4CC[C@H](C(=O)Oc5ccc(OCCCCCCOC(=O)C=C)cc5)CC4)c(/C=N/N(CC)c4nc5ccccc5s4)c3)CC2)cc1. The number of anilines is 1. The van der Waals surface area contributed by atoms with Gasteiger partial charge in [-0.25, -0.2) is 19.6 Å². The summed E-state index contributed by atoms with van der Waals surface area (Å²) >= 11 is 1.50. The Morgan fingerprint density at radius 2 is 0.950 bits per heavy atom. The lowest BCUT2D eigenvalue weighted by Gasteiger charge is -2.26. The fourth-order valence-corrected chi connectivity index (χ4v) is 10.2. The molecule has 1 heterocycles. The minimum atomic E-state index is -0.461. The molecule has 17 nitrogen and oxygen atoms in total. The summed E-state index contributed by atoms with van der Waals surface area (Å²) in [5.74, 6) is -1.45. The Hall–Kier alpha value is -7.86. The Morgan fingerprint density at radius 1 is 0.537 bits per heavy atom. The zero-order chi connectivity index (χ0) is 56.5. The normalized spacial score (nSPS) is 16.9. The Kier molecular flexibility index (Phi) is 23.7. The molecule has 0 spiro atoms. The molecule has 80 heavy (non-hydrogen) atoms. The number of carbonyl (C=O) groups excluding carboxylic acids is 6. The van der Waals surface area contributed by atoms with Gasteiger partial charge in [0.25, 0.3) is 0 Å². The number of ether oxygens (including phenoxy) is 8. The average molecular weight is 1110 g/mol. The van der Waals surface area contributed by atoms with E-state index in [0.29, 0.717) is 118 Å². The molecular formula is C62H71N3O14S. The summed E-state index contributed by atoms with van der Waals surface area (Å²) in [5, 5.41) is 7.17. The van der Waals surface area contributed by atoms with Gasteiger partial charge in [0.2, 0.25) is 5.13 Å². The highest BCUT2D eigenvalue weighted by Gasteiger charge is 2.34. The number of hydrazone groups is 1. The Bertz CT molecular complexity index is 2850. The smallest absolute Gasteiger partial charge is 0.330 e. The van der Waals surface area contributed by atoms with Gasteiger partial charge in [-0.2, -0.15) is 5.10 Å². The second kappa shape index (κ2) is 31.7. The molecule has 2 aliphatic rings. The quantitative estimate of drug-likeness (QED) is 0.0105. The van der Waals surface area contributed by atoms with Crippen molar-refractivity contribution in [2.75, 3.05) is 38.0 Å². The molecule has 0 bridgehead atoms. The molecule has 2 saturated carbocycles. The van der Waals surface area contributed by atoms with Crippen molar-refractivity contribution >= 4 is 68.7 Å². The predicted molar refractivity (Wildman–Crippen MR) is 303 cm³/mol. The second-order valence-corrected chi connectivity index (χ2v) is 20.6. The second-order valence-electron chi connectivity index (χ2n) is 19.6. The number of para-hydroxylation sites is 1. The molecule has 7 rings (SSSR count).